The fourth-order valence-electron chi connectivity index (χ4n) is 8.61. The molecule has 0 aliphatic rings. The average molecular weight is 943 g/mol. The number of phosphoric acid groups is 1. The first kappa shape index (κ1) is 64.2. The topological polar surface area (TPSA) is 128 Å². The number of nitrogens with zero attached hydrogens (tertiary/aromatic N) is 1. The number of rotatable bonds is 52. The van der Waals surface area contributed by atoms with E-state index in [0.29, 0.717) is 23.9 Å². The van der Waals surface area contributed by atoms with Crippen molar-refractivity contribution in [2.75, 3.05) is 40.9 Å². The Morgan fingerprint density at radius 2 is 0.877 bits per heavy atom. The number of likely N-dealkylation sites (N-methyl/N-ethyl adjacent to an activating group) is 1. The lowest BCUT2D eigenvalue weighted by atomic mass is 10.0. The lowest BCUT2D eigenvalue weighted by Crippen LogP contribution is -2.51. The zero-order valence-corrected chi connectivity index (χ0v) is 44.7. The Balaban J connectivity index is 4.12. The zero-order chi connectivity index (χ0) is 48.0. The van der Waals surface area contributed by atoms with Crippen LogP contribution in [0.2, 0.25) is 0 Å². The first-order valence-electron chi connectivity index (χ1n) is 28.1. The van der Waals surface area contributed by atoms with E-state index in [1.807, 2.05) is 21.1 Å². The number of aliphatic hydroxyl groups is 2. The summed E-state index contributed by atoms with van der Waals surface area (Å²) in [7, 11) is 1.12. The first-order valence-corrected chi connectivity index (χ1v) is 29.6. The smallest absolute Gasteiger partial charge is 0.268 e. The van der Waals surface area contributed by atoms with Crippen LogP contribution >= 0.6 is 7.82 Å². The normalized spacial score (nSPS) is 14.5. The number of carbonyl (C=O) groups is 1. The van der Waals surface area contributed by atoms with Crippen LogP contribution in [0.5, 0.6) is 0 Å². The van der Waals surface area contributed by atoms with Crippen LogP contribution in [0.1, 0.15) is 277 Å². The molecule has 4 atom stereocenters. The van der Waals surface area contributed by atoms with Crippen LogP contribution in [-0.2, 0) is 18.4 Å². The van der Waals surface area contributed by atoms with Crippen molar-refractivity contribution in [3.05, 3.63) is 12.2 Å². The molecule has 10 heteroatoms. The van der Waals surface area contributed by atoms with E-state index in [-0.39, 0.29) is 18.9 Å². The first-order chi connectivity index (χ1) is 31.4. The quantitative estimate of drug-likeness (QED) is 0.0240. The Kier molecular flexibility index (Phi) is 46.3. The van der Waals surface area contributed by atoms with Crippen LogP contribution in [0.3, 0.4) is 0 Å². The molecular weight excluding hydrogens is 832 g/mol. The minimum atomic E-state index is -4.67. The Morgan fingerprint density at radius 3 is 1.25 bits per heavy atom. The van der Waals surface area contributed by atoms with Crippen LogP contribution in [-0.4, -0.2) is 79.8 Å². The van der Waals surface area contributed by atoms with Gasteiger partial charge in [0.2, 0.25) is 5.91 Å². The van der Waals surface area contributed by atoms with E-state index in [4.69, 9.17) is 9.05 Å². The predicted octanol–water partition coefficient (Wildman–Crippen LogP) is 15.0. The second-order valence-corrected chi connectivity index (χ2v) is 22.2. The summed E-state index contributed by atoms with van der Waals surface area (Å²) < 4.78 is 23.2. The number of hydrogen-bond donors (Lipinski definition) is 3. The number of hydrogen-bond acceptors (Lipinski definition) is 7. The minimum absolute atomic E-state index is 0.0430. The number of amides is 1. The van der Waals surface area contributed by atoms with E-state index in [9.17, 15) is 24.5 Å². The van der Waals surface area contributed by atoms with Crippen molar-refractivity contribution in [1.82, 2.24) is 5.32 Å². The van der Waals surface area contributed by atoms with E-state index >= 15 is 0 Å². The van der Waals surface area contributed by atoms with Crippen molar-refractivity contribution in [2.24, 2.45) is 0 Å². The monoisotopic (exact) mass is 943 g/mol. The van der Waals surface area contributed by atoms with Gasteiger partial charge in [0.05, 0.1) is 39.9 Å². The molecule has 0 aromatic rings. The summed E-state index contributed by atoms with van der Waals surface area (Å²) in [5.41, 5.74) is 0. The SMILES string of the molecule is CCCCCCCCC/C=C/CCCC(O)C(O)C(COP(=O)([O-])OCC[N+](C)(C)C)NC(=O)CCCCCCCCCCCCCCCCCCCCCCCCCCCCCCC. The van der Waals surface area contributed by atoms with Gasteiger partial charge in [0.1, 0.15) is 19.3 Å². The molecule has 0 spiro atoms. The van der Waals surface area contributed by atoms with E-state index < -0.39 is 32.7 Å². The number of quaternary nitrogens is 1. The maximum absolute atomic E-state index is 13.0. The maximum atomic E-state index is 13.0. The van der Waals surface area contributed by atoms with E-state index in [1.54, 1.807) is 0 Å². The van der Waals surface area contributed by atoms with Crippen LogP contribution in [0.4, 0.5) is 0 Å². The third-order valence-corrected chi connectivity index (χ3v) is 14.1. The molecule has 0 saturated heterocycles. The van der Waals surface area contributed by atoms with Gasteiger partial charge in [0, 0.05) is 6.42 Å². The zero-order valence-electron chi connectivity index (χ0n) is 43.8. The number of unbranched alkanes of at least 4 members (excludes halogenated alkanes) is 36. The summed E-state index contributed by atoms with van der Waals surface area (Å²) in [5, 5.41) is 24.7. The third kappa shape index (κ3) is 48.0. The molecule has 0 fully saturated rings. The largest absolute Gasteiger partial charge is 0.756 e. The minimum Gasteiger partial charge on any atom is -0.756 e. The number of nitrogens with one attached hydrogen (secondary N) is 1. The Morgan fingerprint density at radius 1 is 0.538 bits per heavy atom. The second-order valence-electron chi connectivity index (χ2n) is 20.8. The maximum Gasteiger partial charge on any atom is 0.268 e. The van der Waals surface area contributed by atoms with Crippen LogP contribution < -0.4 is 10.2 Å². The van der Waals surface area contributed by atoms with Gasteiger partial charge in [-0.2, -0.15) is 0 Å². The van der Waals surface area contributed by atoms with Crippen LogP contribution in [0, 0.1) is 0 Å². The molecule has 0 aromatic carbocycles. The third-order valence-electron chi connectivity index (χ3n) is 13.1. The molecule has 4 unspecified atom stereocenters. The summed E-state index contributed by atoms with van der Waals surface area (Å²) in [6.07, 6.45) is 52.9. The van der Waals surface area contributed by atoms with Gasteiger partial charge < -0.3 is 34.0 Å². The fraction of sp³-hybridized carbons (Fsp3) is 0.945. The highest BCUT2D eigenvalue weighted by molar-refractivity contribution is 7.45. The Bertz CT molecular complexity index is 1090. The second kappa shape index (κ2) is 46.9. The lowest BCUT2D eigenvalue weighted by molar-refractivity contribution is -0.870. The van der Waals surface area contributed by atoms with Crippen molar-refractivity contribution in [1.29, 1.82) is 0 Å². The Hall–Kier alpha value is -0.800. The predicted molar refractivity (Wildman–Crippen MR) is 276 cm³/mol. The van der Waals surface area contributed by atoms with Crippen molar-refractivity contribution < 1.29 is 38.0 Å². The fourth-order valence-corrected chi connectivity index (χ4v) is 9.33. The molecule has 0 rings (SSSR count). The molecule has 65 heavy (non-hydrogen) atoms. The molecule has 0 radical (unpaired) electrons. The highest BCUT2D eigenvalue weighted by Gasteiger charge is 2.29. The molecule has 0 bridgehead atoms. The number of aliphatic hydroxyl groups excluding tert-OH is 2. The van der Waals surface area contributed by atoms with E-state index in [0.717, 1.165) is 32.1 Å². The van der Waals surface area contributed by atoms with Gasteiger partial charge in [-0.05, 0) is 38.5 Å². The van der Waals surface area contributed by atoms with Crippen molar-refractivity contribution >= 4 is 13.7 Å². The van der Waals surface area contributed by atoms with Gasteiger partial charge in [-0.25, -0.2) is 0 Å². The van der Waals surface area contributed by atoms with Gasteiger partial charge in [-0.1, -0.05) is 244 Å². The molecule has 0 heterocycles. The highest BCUT2D eigenvalue weighted by Crippen LogP contribution is 2.38. The molecule has 9 nitrogen and oxygen atoms in total. The molecule has 0 aliphatic carbocycles. The highest BCUT2D eigenvalue weighted by atomic mass is 31.2. The van der Waals surface area contributed by atoms with Gasteiger partial charge in [0.15, 0.2) is 0 Å². The van der Waals surface area contributed by atoms with Crippen LogP contribution in [0.15, 0.2) is 12.2 Å². The van der Waals surface area contributed by atoms with Gasteiger partial charge in [-0.3, -0.25) is 9.36 Å². The summed E-state index contributed by atoms with van der Waals surface area (Å²) >= 11 is 0. The number of allylic oxidation sites excluding steroid dienone is 2. The molecular formula is C55H111N2O7P. The van der Waals surface area contributed by atoms with Gasteiger partial charge >= 0.3 is 0 Å². The van der Waals surface area contributed by atoms with Gasteiger partial charge in [-0.15, -0.1) is 0 Å². The standard InChI is InChI=1S/C55H111N2O7P/c1-6-8-10-12-14-16-18-20-21-22-23-24-25-26-27-28-29-30-31-32-33-34-35-36-38-40-42-44-46-48-54(59)56-52(51-64-65(61,62)63-50-49-57(3,4)5)55(60)53(58)47-45-43-41-39-37-19-17-15-13-11-9-7-2/h39,41,52-53,55,58,60H,6-38,40,42-51H2,1-5H3,(H-,56,59,61,62)/b41-39+. The molecule has 0 aromatic heterocycles. The molecule has 3 N–H and O–H groups in total. The summed E-state index contributed by atoms with van der Waals surface area (Å²) in [4.78, 5) is 25.5. The number of phosphoric ester groups is 1. The summed E-state index contributed by atoms with van der Waals surface area (Å²) in [6, 6.07) is -1.08. The van der Waals surface area contributed by atoms with Crippen LogP contribution in [0.25, 0.3) is 0 Å². The molecule has 0 aliphatic heterocycles. The Labute approximate surface area is 404 Å². The average Bonchev–Trinajstić information content (AvgIpc) is 3.26. The summed E-state index contributed by atoms with van der Waals surface area (Å²) in [6.45, 7) is 4.44. The number of carbonyl (C=O) groups excluding carboxylic acids is 1. The van der Waals surface area contributed by atoms with Crippen molar-refractivity contribution in [3.8, 4) is 0 Å². The van der Waals surface area contributed by atoms with E-state index in [1.165, 1.54) is 212 Å². The van der Waals surface area contributed by atoms with Crippen molar-refractivity contribution in [2.45, 2.75) is 295 Å². The van der Waals surface area contributed by atoms with Crippen molar-refractivity contribution in [3.63, 3.8) is 0 Å². The molecule has 0 saturated carbocycles. The summed E-state index contributed by atoms with van der Waals surface area (Å²) in [5.74, 6) is -0.283. The van der Waals surface area contributed by atoms with Gasteiger partial charge in [0.25, 0.3) is 7.82 Å². The lowest BCUT2D eigenvalue weighted by Gasteiger charge is -2.31. The molecule has 1 amide bonds. The molecule has 388 valence electrons. The van der Waals surface area contributed by atoms with E-state index in [2.05, 4.69) is 31.3 Å².